The van der Waals surface area contributed by atoms with Gasteiger partial charge in [0.15, 0.2) is 0 Å². The topological polar surface area (TPSA) is 48.7 Å². The molecule has 1 unspecified atom stereocenters. The molecule has 2 rings (SSSR count). The van der Waals surface area contributed by atoms with E-state index in [0.717, 1.165) is 5.69 Å². The van der Waals surface area contributed by atoms with Crippen molar-refractivity contribution in [3.8, 4) is 6.07 Å². The molecule has 3 heteroatoms. The molecule has 2 atom stereocenters. The molecule has 0 radical (unpaired) electrons. The second kappa shape index (κ2) is 6.12. The van der Waals surface area contributed by atoms with E-state index in [1.807, 2.05) is 42.5 Å². The summed E-state index contributed by atoms with van der Waals surface area (Å²) in [5.41, 5.74) is 2.89. The third kappa shape index (κ3) is 3.40. The number of nitrogens with one attached hydrogen (secondary N) is 1. The molecular weight excluding hydrogens is 234 g/mol. The summed E-state index contributed by atoms with van der Waals surface area (Å²) < 4.78 is 0. The van der Waals surface area contributed by atoms with Crippen LogP contribution in [0, 0.1) is 11.3 Å². The molecule has 1 N–H and O–H groups in total. The smallest absolute Gasteiger partial charge is 0.0991 e. The Bertz CT molecular complexity index is 555. The lowest BCUT2D eigenvalue weighted by Crippen LogP contribution is -2.23. The number of pyridine rings is 1. The third-order valence-electron chi connectivity index (χ3n) is 3.17. The molecule has 2 aromatic rings. The van der Waals surface area contributed by atoms with Gasteiger partial charge in [0.1, 0.15) is 0 Å². The van der Waals surface area contributed by atoms with Gasteiger partial charge in [-0.05, 0) is 43.7 Å². The minimum Gasteiger partial charge on any atom is -0.302 e. The van der Waals surface area contributed by atoms with E-state index in [1.54, 1.807) is 6.20 Å². The van der Waals surface area contributed by atoms with Crippen LogP contribution in [0.3, 0.4) is 0 Å². The number of hydrogen-bond acceptors (Lipinski definition) is 3. The standard InChI is InChI=1S/C16H17N3/c1-12(15-8-6-14(11-17)7-9-15)19-13(2)16-5-3-4-10-18-16/h3-10,12-13,19H,1-2H3/t12?,13-/m1/s1. The van der Waals surface area contributed by atoms with Gasteiger partial charge >= 0.3 is 0 Å². The average Bonchev–Trinajstić information content (AvgIpc) is 2.48. The summed E-state index contributed by atoms with van der Waals surface area (Å²) in [5.74, 6) is 0. The van der Waals surface area contributed by atoms with Crippen LogP contribution in [-0.4, -0.2) is 4.98 Å². The van der Waals surface area contributed by atoms with Crippen molar-refractivity contribution in [1.82, 2.24) is 10.3 Å². The number of aromatic nitrogens is 1. The van der Waals surface area contributed by atoms with Crippen LogP contribution in [0.4, 0.5) is 0 Å². The van der Waals surface area contributed by atoms with Crippen LogP contribution in [0.15, 0.2) is 48.7 Å². The Labute approximate surface area is 113 Å². The van der Waals surface area contributed by atoms with Gasteiger partial charge in [0, 0.05) is 18.3 Å². The molecule has 1 aromatic heterocycles. The van der Waals surface area contributed by atoms with Crippen molar-refractivity contribution in [1.29, 1.82) is 5.26 Å². The van der Waals surface area contributed by atoms with Crippen molar-refractivity contribution in [2.45, 2.75) is 25.9 Å². The van der Waals surface area contributed by atoms with Crippen molar-refractivity contribution < 1.29 is 0 Å². The van der Waals surface area contributed by atoms with E-state index >= 15 is 0 Å². The van der Waals surface area contributed by atoms with Crippen LogP contribution < -0.4 is 5.32 Å². The first-order valence-electron chi connectivity index (χ1n) is 6.37. The number of benzene rings is 1. The molecule has 0 spiro atoms. The van der Waals surface area contributed by atoms with Crippen LogP contribution in [-0.2, 0) is 0 Å². The fourth-order valence-electron chi connectivity index (χ4n) is 2.04. The van der Waals surface area contributed by atoms with Crippen molar-refractivity contribution >= 4 is 0 Å². The molecule has 1 heterocycles. The summed E-state index contributed by atoms with van der Waals surface area (Å²) in [6, 6.07) is 16.1. The molecule has 0 saturated carbocycles. The lowest BCUT2D eigenvalue weighted by atomic mass is 10.1. The fraction of sp³-hybridized carbons (Fsp3) is 0.250. The van der Waals surface area contributed by atoms with Gasteiger partial charge in [-0.1, -0.05) is 18.2 Å². The minimum absolute atomic E-state index is 0.187. The first-order chi connectivity index (χ1) is 9.20. The zero-order chi connectivity index (χ0) is 13.7. The van der Waals surface area contributed by atoms with Crippen LogP contribution in [0.1, 0.15) is 42.8 Å². The van der Waals surface area contributed by atoms with E-state index < -0.39 is 0 Å². The SMILES string of the molecule is CC(N[C@H](C)c1ccccn1)c1ccc(C#N)cc1. The molecular formula is C16H17N3. The molecule has 1 aromatic carbocycles. The summed E-state index contributed by atoms with van der Waals surface area (Å²) in [4.78, 5) is 4.35. The highest BCUT2D eigenvalue weighted by Gasteiger charge is 2.11. The van der Waals surface area contributed by atoms with E-state index in [0.29, 0.717) is 5.56 Å². The molecule has 19 heavy (non-hydrogen) atoms. The first kappa shape index (κ1) is 13.3. The molecule has 3 nitrogen and oxygen atoms in total. The Balaban J connectivity index is 2.04. The molecule has 0 saturated heterocycles. The predicted octanol–water partition coefficient (Wildman–Crippen LogP) is 3.37. The highest BCUT2D eigenvalue weighted by atomic mass is 15.0. The summed E-state index contributed by atoms with van der Waals surface area (Å²) in [5, 5.41) is 12.3. The molecule has 0 aliphatic heterocycles. The number of hydrogen-bond donors (Lipinski definition) is 1. The van der Waals surface area contributed by atoms with Crippen molar-refractivity contribution in [3.05, 3.63) is 65.5 Å². The zero-order valence-corrected chi connectivity index (χ0v) is 11.2. The summed E-state index contributed by atoms with van der Waals surface area (Å²) in [6.07, 6.45) is 1.81. The second-order valence-electron chi connectivity index (χ2n) is 4.60. The summed E-state index contributed by atoms with van der Waals surface area (Å²) in [6.45, 7) is 4.21. The molecule has 0 amide bonds. The van der Waals surface area contributed by atoms with E-state index in [9.17, 15) is 0 Å². The van der Waals surface area contributed by atoms with E-state index in [2.05, 4.69) is 30.2 Å². The summed E-state index contributed by atoms with van der Waals surface area (Å²) >= 11 is 0. The van der Waals surface area contributed by atoms with Gasteiger partial charge in [0.2, 0.25) is 0 Å². The maximum absolute atomic E-state index is 8.79. The van der Waals surface area contributed by atoms with Gasteiger partial charge in [-0.15, -0.1) is 0 Å². The van der Waals surface area contributed by atoms with Gasteiger partial charge in [-0.3, -0.25) is 4.98 Å². The van der Waals surface area contributed by atoms with Crippen LogP contribution in [0.25, 0.3) is 0 Å². The van der Waals surface area contributed by atoms with Gasteiger partial charge in [-0.2, -0.15) is 5.26 Å². The quantitative estimate of drug-likeness (QED) is 0.906. The minimum atomic E-state index is 0.187. The predicted molar refractivity (Wildman–Crippen MR) is 75.4 cm³/mol. The van der Waals surface area contributed by atoms with Gasteiger partial charge in [0.05, 0.1) is 17.3 Å². The van der Waals surface area contributed by atoms with Crippen molar-refractivity contribution in [2.24, 2.45) is 0 Å². The zero-order valence-electron chi connectivity index (χ0n) is 11.2. The molecule has 0 fully saturated rings. The lowest BCUT2D eigenvalue weighted by molar-refractivity contribution is 0.486. The fourth-order valence-corrected chi connectivity index (χ4v) is 2.04. The monoisotopic (exact) mass is 251 g/mol. The number of nitrogens with zero attached hydrogens (tertiary/aromatic N) is 2. The van der Waals surface area contributed by atoms with Crippen molar-refractivity contribution in [3.63, 3.8) is 0 Å². The Morgan fingerprint density at radius 2 is 1.79 bits per heavy atom. The second-order valence-corrected chi connectivity index (χ2v) is 4.60. The van der Waals surface area contributed by atoms with Gasteiger partial charge in [0.25, 0.3) is 0 Å². The summed E-state index contributed by atoms with van der Waals surface area (Å²) in [7, 11) is 0. The molecule has 0 aliphatic rings. The maximum Gasteiger partial charge on any atom is 0.0991 e. The maximum atomic E-state index is 8.79. The Morgan fingerprint density at radius 3 is 2.37 bits per heavy atom. The van der Waals surface area contributed by atoms with E-state index in [4.69, 9.17) is 5.26 Å². The number of rotatable bonds is 4. The van der Waals surface area contributed by atoms with Crippen molar-refractivity contribution in [2.75, 3.05) is 0 Å². The van der Waals surface area contributed by atoms with Crippen LogP contribution in [0.5, 0.6) is 0 Å². The number of nitriles is 1. The van der Waals surface area contributed by atoms with E-state index in [1.165, 1.54) is 5.56 Å². The van der Waals surface area contributed by atoms with E-state index in [-0.39, 0.29) is 12.1 Å². The lowest BCUT2D eigenvalue weighted by Gasteiger charge is -2.20. The Hall–Kier alpha value is -2.18. The van der Waals surface area contributed by atoms with Gasteiger partial charge < -0.3 is 5.32 Å². The van der Waals surface area contributed by atoms with Gasteiger partial charge in [-0.25, -0.2) is 0 Å². The average molecular weight is 251 g/mol. The largest absolute Gasteiger partial charge is 0.302 e. The molecule has 96 valence electrons. The highest BCUT2D eigenvalue weighted by molar-refractivity contribution is 5.32. The third-order valence-corrected chi connectivity index (χ3v) is 3.17. The van der Waals surface area contributed by atoms with Crippen LogP contribution >= 0.6 is 0 Å². The molecule has 0 aliphatic carbocycles. The molecule has 0 bridgehead atoms. The van der Waals surface area contributed by atoms with Crippen LogP contribution in [0.2, 0.25) is 0 Å². The Kier molecular flexibility index (Phi) is 4.27. The normalized spacial score (nSPS) is 13.5. The highest BCUT2D eigenvalue weighted by Crippen LogP contribution is 2.18. The first-order valence-corrected chi connectivity index (χ1v) is 6.37. The Morgan fingerprint density at radius 1 is 1.05 bits per heavy atom.